The molecule has 1 fully saturated rings. The first-order valence-electron chi connectivity index (χ1n) is 9.33. The molecule has 2 unspecified atom stereocenters. The monoisotopic (exact) mass is 506 g/mol. The third-order valence-electron chi connectivity index (χ3n) is 4.90. The van der Waals surface area contributed by atoms with Gasteiger partial charge in [0, 0.05) is 10.2 Å². The van der Waals surface area contributed by atoms with E-state index in [2.05, 4.69) is 21.2 Å². The number of amides is 2. The highest BCUT2D eigenvalue weighted by Crippen LogP contribution is 2.40. The third kappa shape index (κ3) is 4.33. The van der Waals surface area contributed by atoms with Crippen molar-refractivity contribution in [1.29, 1.82) is 0 Å². The Morgan fingerprint density at radius 3 is 2.67 bits per heavy atom. The van der Waals surface area contributed by atoms with Crippen molar-refractivity contribution in [3.63, 3.8) is 0 Å². The van der Waals surface area contributed by atoms with Gasteiger partial charge in [0.25, 0.3) is 0 Å². The normalized spacial score (nSPS) is 22.6. The number of nitrogens with zero attached hydrogens (tertiary/aromatic N) is 1. The SMILES string of the molecule is O=C(Cc1cccs1)NC1C(=O)N2C(C(=O)OCc3ccccc3)C(CBr)=CS[C@@H]12. The van der Waals surface area contributed by atoms with Crippen molar-refractivity contribution in [2.75, 3.05) is 5.33 Å². The molecule has 2 aromatic rings. The standard InChI is InChI=1S/C21H19BrN2O4S2/c22-10-14-12-30-20-17(23-16(25)9-15-7-4-8-29-15)19(26)24(20)18(14)21(27)28-11-13-5-2-1-3-6-13/h1-8,12,17-18,20H,9-11H2,(H,23,25)/t17?,18?,20-/m0/s1. The second kappa shape index (κ2) is 9.36. The fraction of sp³-hybridized carbons (Fsp3) is 0.286. The molecule has 1 aromatic carbocycles. The molecule has 0 aliphatic carbocycles. The van der Waals surface area contributed by atoms with Crippen LogP contribution < -0.4 is 5.32 Å². The number of carbonyl (C=O) groups is 3. The van der Waals surface area contributed by atoms with Gasteiger partial charge in [0.1, 0.15) is 18.0 Å². The van der Waals surface area contributed by atoms with Crippen LogP contribution in [0.25, 0.3) is 0 Å². The van der Waals surface area contributed by atoms with Crippen molar-refractivity contribution in [2.45, 2.75) is 30.5 Å². The van der Waals surface area contributed by atoms with Crippen molar-refractivity contribution in [1.82, 2.24) is 10.2 Å². The number of halogens is 1. The number of rotatable bonds is 7. The maximum atomic E-state index is 12.8. The number of carbonyl (C=O) groups excluding carboxylic acids is 3. The largest absolute Gasteiger partial charge is 0.459 e. The minimum atomic E-state index is -0.780. The number of nitrogens with one attached hydrogen (secondary N) is 1. The summed E-state index contributed by atoms with van der Waals surface area (Å²) in [6, 6.07) is 11.8. The summed E-state index contributed by atoms with van der Waals surface area (Å²) in [4.78, 5) is 40.5. The second-order valence-electron chi connectivity index (χ2n) is 6.90. The van der Waals surface area contributed by atoms with Crippen molar-refractivity contribution < 1.29 is 19.1 Å². The zero-order valence-electron chi connectivity index (χ0n) is 15.8. The second-order valence-corrected chi connectivity index (χ2v) is 9.48. The van der Waals surface area contributed by atoms with Crippen molar-refractivity contribution in [3.8, 4) is 0 Å². The highest BCUT2D eigenvalue weighted by atomic mass is 79.9. The topological polar surface area (TPSA) is 75.7 Å². The molecule has 4 rings (SSSR count). The fourth-order valence-electron chi connectivity index (χ4n) is 3.41. The van der Waals surface area contributed by atoms with Gasteiger partial charge in [-0.2, -0.15) is 0 Å². The lowest BCUT2D eigenvalue weighted by molar-refractivity contribution is -0.163. The molecule has 6 nitrogen and oxygen atoms in total. The number of fused-ring (bicyclic) bond motifs is 1. The van der Waals surface area contributed by atoms with Crippen molar-refractivity contribution in [2.24, 2.45) is 0 Å². The van der Waals surface area contributed by atoms with E-state index in [0.717, 1.165) is 16.0 Å². The lowest BCUT2D eigenvalue weighted by Crippen LogP contribution is -2.74. The first-order chi connectivity index (χ1) is 14.6. The van der Waals surface area contributed by atoms with Crippen molar-refractivity contribution >= 4 is 56.8 Å². The van der Waals surface area contributed by atoms with Crippen LogP contribution in [0.5, 0.6) is 0 Å². The van der Waals surface area contributed by atoms with Gasteiger partial charge in [0.05, 0.1) is 6.42 Å². The summed E-state index contributed by atoms with van der Waals surface area (Å²) in [7, 11) is 0. The van der Waals surface area contributed by atoms with Crippen LogP contribution in [-0.2, 0) is 32.1 Å². The summed E-state index contributed by atoms with van der Waals surface area (Å²) >= 11 is 6.34. The Kier molecular flexibility index (Phi) is 6.60. The number of β-lactam (4-membered cyclic amide) rings is 1. The van der Waals surface area contributed by atoms with E-state index in [1.807, 2.05) is 53.3 Å². The molecule has 0 saturated carbocycles. The van der Waals surface area contributed by atoms with Gasteiger partial charge in [-0.15, -0.1) is 23.1 Å². The van der Waals surface area contributed by atoms with Gasteiger partial charge >= 0.3 is 5.97 Å². The van der Waals surface area contributed by atoms with Gasteiger partial charge in [-0.05, 0) is 28.0 Å². The van der Waals surface area contributed by atoms with Crippen LogP contribution in [0.3, 0.4) is 0 Å². The van der Waals surface area contributed by atoms with Crippen molar-refractivity contribution in [3.05, 3.63) is 69.3 Å². The van der Waals surface area contributed by atoms with Crippen LogP contribution in [0.2, 0.25) is 0 Å². The number of hydrogen-bond acceptors (Lipinski definition) is 6. The van der Waals surface area contributed by atoms with Crippen LogP contribution in [0.1, 0.15) is 10.4 Å². The molecule has 1 N–H and O–H groups in total. The Labute approximate surface area is 190 Å². The summed E-state index contributed by atoms with van der Waals surface area (Å²) in [5.74, 6) is -0.929. The summed E-state index contributed by atoms with van der Waals surface area (Å²) in [5, 5.41) is 6.75. The lowest BCUT2D eigenvalue weighted by atomic mass is 9.98. The van der Waals surface area contributed by atoms with Gasteiger partial charge in [-0.25, -0.2) is 4.79 Å². The zero-order chi connectivity index (χ0) is 21.1. The lowest BCUT2D eigenvalue weighted by Gasteiger charge is -2.51. The molecule has 1 aromatic heterocycles. The van der Waals surface area contributed by atoms with Gasteiger partial charge in [-0.1, -0.05) is 52.3 Å². The zero-order valence-corrected chi connectivity index (χ0v) is 19.0. The van der Waals surface area contributed by atoms with E-state index in [4.69, 9.17) is 4.74 Å². The molecule has 9 heteroatoms. The molecule has 1 saturated heterocycles. The molecule has 0 radical (unpaired) electrons. The van der Waals surface area contributed by atoms with Gasteiger partial charge in [0.2, 0.25) is 11.8 Å². The molecule has 156 valence electrons. The predicted octanol–water partition coefficient (Wildman–Crippen LogP) is 3.08. The quantitative estimate of drug-likeness (QED) is 0.354. The van der Waals surface area contributed by atoms with E-state index in [-0.39, 0.29) is 30.2 Å². The van der Waals surface area contributed by atoms with E-state index >= 15 is 0 Å². The summed E-state index contributed by atoms with van der Waals surface area (Å²) < 4.78 is 5.50. The molecule has 2 aliphatic heterocycles. The summed E-state index contributed by atoms with van der Waals surface area (Å²) in [6.45, 7) is 0.145. The smallest absolute Gasteiger partial charge is 0.333 e. The van der Waals surface area contributed by atoms with E-state index in [9.17, 15) is 14.4 Å². The van der Waals surface area contributed by atoms with Gasteiger partial charge < -0.3 is 15.0 Å². The molecule has 3 heterocycles. The van der Waals surface area contributed by atoms with Crippen LogP contribution in [0.4, 0.5) is 0 Å². The van der Waals surface area contributed by atoms with E-state index in [1.54, 1.807) is 0 Å². The maximum absolute atomic E-state index is 12.8. The molecule has 3 atom stereocenters. The van der Waals surface area contributed by atoms with E-state index in [0.29, 0.717) is 5.33 Å². The average molecular weight is 507 g/mol. The number of benzene rings is 1. The molecule has 2 aliphatic rings. The molecule has 0 spiro atoms. The Bertz CT molecular complexity index is 965. The molecule has 30 heavy (non-hydrogen) atoms. The minimum absolute atomic E-state index is 0.145. The highest BCUT2D eigenvalue weighted by Gasteiger charge is 2.56. The van der Waals surface area contributed by atoms with Gasteiger partial charge in [0.15, 0.2) is 6.04 Å². The Hall–Kier alpha value is -2.10. The Morgan fingerprint density at radius 2 is 1.97 bits per heavy atom. The molecular formula is C21H19BrN2O4S2. The number of hydrogen-bond donors (Lipinski definition) is 1. The first-order valence-corrected chi connectivity index (χ1v) is 12.3. The number of thioether (sulfide) groups is 1. The number of thiophene rings is 1. The van der Waals surface area contributed by atoms with Crippen LogP contribution in [0.15, 0.2) is 58.8 Å². The Morgan fingerprint density at radius 1 is 1.17 bits per heavy atom. The first kappa shape index (κ1) is 21.1. The van der Waals surface area contributed by atoms with Crippen LogP contribution in [-0.4, -0.2) is 45.5 Å². The molecule has 0 bridgehead atoms. The maximum Gasteiger partial charge on any atom is 0.333 e. The molecular weight excluding hydrogens is 488 g/mol. The predicted molar refractivity (Wildman–Crippen MR) is 120 cm³/mol. The number of alkyl halides is 1. The fourth-order valence-corrected chi connectivity index (χ4v) is 6.02. The number of ether oxygens (including phenoxy) is 1. The summed E-state index contributed by atoms with van der Waals surface area (Å²) in [5.41, 5.74) is 1.65. The van der Waals surface area contributed by atoms with Crippen LogP contribution in [0, 0.1) is 0 Å². The van der Waals surface area contributed by atoms with Gasteiger partial charge in [-0.3, -0.25) is 9.59 Å². The Balaban J connectivity index is 1.42. The average Bonchev–Trinajstić information content (AvgIpc) is 3.28. The van der Waals surface area contributed by atoms with E-state index in [1.165, 1.54) is 28.0 Å². The summed E-state index contributed by atoms with van der Waals surface area (Å²) in [6.07, 6.45) is 0.240. The number of esters is 1. The third-order valence-corrected chi connectivity index (χ3v) is 7.64. The highest BCUT2D eigenvalue weighted by molar-refractivity contribution is 9.09. The van der Waals surface area contributed by atoms with Crippen LogP contribution >= 0.6 is 39.0 Å². The minimum Gasteiger partial charge on any atom is -0.459 e. The van der Waals surface area contributed by atoms with E-state index < -0.39 is 18.1 Å². The molecule has 2 amide bonds.